The Hall–Kier alpha value is -4.92. The van der Waals surface area contributed by atoms with Gasteiger partial charge in [-0.05, 0) is 60.7 Å². The quantitative estimate of drug-likeness (QED) is 0.204. The number of hydrogen-bond donors (Lipinski definition) is 2. The summed E-state index contributed by atoms with van der Waals surface area (Å²) < 4.78 is 14.4. The van der Waals surface area contributed by atoms with Gasteiger partial charge in [-0.1, -0.05) is 38.1 Å². The first-order chi connectivity index (χ1) is 21.7. The Kier molecular flexibility index (Phi) is 8.43. The highest BCUT2D eigenvalue weighted by Gasteiger charge is 2.33. The van der Waals surface area contributed by atoms with Crippen LogP contribution >= 0.6 is 0 Å². The molecule has 3 N–H and O–H groups in total. The van der Waals surface area contributed by atoms with E-state index in [9.17, 15) is 14.9 Å². The second kappa shape index (κ2) is 12.6. The number of carbonyl (C=O) groups excluding carboxylic acids is 1. The molecule has 2 aliphatic rings. The molecule has 0 bridgehead atoms. The van der Waals surface area contributed by atoms with E-state index < -0.39 is 5.41 Å². The van der Waals surface area contributed by atoms with E-state index in [2.05, 4.69) is 16.4 Å². The summed E-state index contributed by atoms with van der Waals surface area (Å²) >= 11 is 0. The topological polar surface area (TPSA) is 140 Å². The van der Waals surface area contributed by atoms with Crippen LogP contribution < -0.4 is 21.5 Å². The molecule has 4 aromatic rings. The van der Waals surface area contributed by atoms with Gasteiger partial charge in [-0.25, -0.2) is 9.78 Å². The van der Waals surface area contributed by atoms with Gasteiger partial charge >= 0.3 is 5.69 Å². The zero-order valence-electron chi connectivity index (χ0n) is 25.5. The van der Waals surface area contributed by atoms with Crippen LogP contribution in [0.4, 0.5) is 5.82 Å². The Labute approximate surface area is 261 Å². The van der Waals surface area contributed by atoms with Crippen LogP contribution in [0.25, 0.3) is 16.7 Å². The van der Waals surface area contributed by atoms with Gasteiger partial charge in [0, 0.05) is 25.8 Å². The molecule has 11 nitrogen and oxygen atoms in total. The van der Waals surface area contributed by atoms with Crippen LogP contribution in [-0.4, -0.2) is 63.3 Å². The standard InChI is InChI=1S/C34H37N7O4/c1-34(2,22-38-24-20-44-21-24)17-23(18-35)32(42)39-16-6-7-26(39)19-40-29-14-15-37-31(36)30(29)41(33(40)43)25-10-12-28(13-11-25)45-27-8-4-3-5-9-27/h3-5,8-15,17,24,26,38H,6-7,16,19-22H2,1-2H3,(H2,36,37)/b23-17+/t26-/m0/s1. The number of anilines is 1. The van der Waals surface area contributed by atoms with Crippen LogP contribution in [0.2, 0.25) is 0 Å². The number of carbonyl (C=O) groups is 1. The number of rotatable bonds is 10. The number of likely N-dealkylation sites (tertiary alicyclic amines) is 1. The average molecular weight is 608 g/mol. The average Bonchev–Trinajstić information content (AvgIpc) is 3.59. The lowest BCUT2D eigenvalue weighted by Gasteiger charge is -2.31. The third-order valence-electron chi connectivity index (χ3n) is 8.34. The van der Waals surface area contributed by atoms with Gasteiger partial charge in [0.05, 0.1) is 36.5 Å². The summed E-state index contributed by atoms with van der Waals surface area (Å²) in [6.45, 7) is 6.73. The first-order valence-corrected chi connectivity index (χ1v) is 15.2. The summed E-state index contributed by atoms with van der Waals surface area (Å²) in [5.41, 5.74) is 7.48. The van der Waals surface area contributed by atoms with Crippen molar-refractivity contribution in [2.45, 2.75) is 45.3 Å². The minimum atomic E-state index is -0.415. The second-order valence-electron chi connectivity index (χ2n) is 12.3. The number of nitrogens with zero attached hydrogens (tertiary/aromatic N) is 5. The van der Waals surface area contributed by atoms with Crippen molar-refractivity contribution in [3.05, 3.63) is 89.0 Å². The Bertz CT molecular complexity index is 1820. The predicted molar refractivity (Wildman–Crippen MR) is 171 cm³/mol. The Balaban J connectivity index is 1.26. The maximum absolute atomic E-state index is 14.0. The molecular weight excluding hydrogens is 570 g/mol. The highest BCUT2D eigenvalue weighted by atomic mass is 16.5. The zero-order valence-corrected chi connectivity index (χ0v) is 25.5. The second-order valence-corrected chi connectivity index (χ2v) is 12.3. The van der Waals surface area contributed by atoms with Crippen LogP contribution in [0.15, 0.2) is 83.3 Å². The zero-order chi connectivity index (χ0) is 31.6. The highest BCUT2D eigenvalue weighted by Crippen LogP contribution is 2.28. The van der Waals surface area contributed by atoms with Gasteiger partial charge in [0.25, 0.3) is 5.91 Å². The number of nitrogen functional groups attached to an aromatic ring is 1. The summed E-state index contributed by atoms with van der Waals surface area (Å²) in [7, 11) is 0. The molecule has 2 saturated heterocycles. The van der Waals surface area contributed by atoms with Gasteiger partial charge in [-0.15, -0.1) is 0 Å². The third-order valence-corrected chi connectivity index (χ3v) is 8.34. The van der Waals surface area contributed by atoms with Gasteiger partial charge in [-0.2, -0.15) is 5.26 Å². The minimum absolute atomic E-state index is 0.111. The van der Waals surface area contributed by atoms with Crippen molar-refractivity contribution >= 4 is 22.8 Å². The number of ether oxygens (including phenoxy) is 2. The van der Waals surface area contributed by atoms with Crippen LogP contribution in [0.5, 0.6) is 11.5 Å². The summed E-state index contributed by atoms with van der Waals surface area (Å²) in [6, 6.07) is 20.6. The first kappa shape index (κ1) is 30.1. The van der Waals surface area contributed by atoms with Crippen molar-refractivity contribution < 1.29 is 14.3 Å². The Morgan fingerprint density at radius 1 is 1.16 bits per heavy atom. The lowest BCUT2D eigenvalue weighted by atomic mass is 9.90. The maximum Gasteiger partial charge on any atom is 0.333 e. The molecule has 0 unspecified atom stereocenters. The number of fused-ring (bicyclic) bond motifs is 1. The number of nitrogens with two attached hydrogens (primary N) is 1. The van der Waals surface area contributed by atoms with E-state index in [1.54, 1.807) is 56.6 Å². The largest absolute Gasteiger partial charge is 0.457 e. The predicted octanol–water partition coefficient (Wildman–Crippen LogP) is 4.02. The number of amides is 1. The fourth-order valence-corrected chi connectivity index (χ4v) is 5.93. The molecule has 2 aliphatic heterocycles. The number of imidazole rings is 1. The monoisotopic (exact) mass is 607 g/mol. The van der Waals surface area contributed by atoms with Gasteiger partial charge in [0.15, 0.2) is 0 Å². The van der Waals surface area contributed by atoms with E-state index in [0.29, 0.717) is 67.0 Å². The van der Waals surface area contributed by atoms with E-state index in [1.165, 1.54) is 0 Å². The van der Waals surface area contributed by atoms with Crippen LogP contribution in [-0.2, 0) is 16.1 Å². The van der Waals surface area contributed by atoms with E-state index in [1.807, 2.05) is 44.2 Å². The van der Waals surface area contributed by atoms with Crippen LogP contribution in [0, 0.1) is 16.7 Å². The van der Waals surface area contributed by atoms with E-state index in [0.717, 1.165) is 6.42 Å². The Morgan fingerprint density at radius 3 is 2.58 bits per heavy atom. The number of para-hydroxylation sites is 1. The molecule has 2 aromatic heterocycles. The molecule has 1 amide bonds. The highest BCUT2D eigenvalue weighted by molar-refractivity contribution is 5.97. The van der Waals surface area contributed by atoms with Crippen molar-refractivity contribution in [2.24, 2.45) is 5.41 Å². The van der Waals surface area contributed by atoms with Crippen molar-refractivity contribution in [3.63, 3.8) is 0 Å². The van der Waals surface area contributed by atoms with Gasteiger partial charge in [-0.3, -0.25) is 13.9 Å². The summed E-state index contributed by atoms with van der Waals surface area (Å²) in [5, 5.41) is 13.4. The number of pyridine rings is 1. The molecule has 4 heterocycles. The number of nitrogens with one attached hydrogen (secondary N) is 1. The van der Waals surface area contributed by atoms with Crippen molar-refractivity contribution in [3.8, 4) is 23.3 Å². The Morgan fingerprint density at radius 2 is 1.89 bits per heavy atom. The molecule has 2 fully saturated rings. The van der Waals surface area contributed by atoms with E-state index >= 15 is 0 Å². The molecule has 0 radical (unpaired) electrons. The maximum atomic E-state index is 14.0. The van der Waals surface area contributed by atoms with E-state index in [-0.39, 0.29) is 35.6 Å². The smallest absolute Gasteiger partial charge is 0.333 e. The van der Waals surface area contributed by atoms with Gasteiger partial charge < -0.3 is 25.4 Å². The normalized spacial score (nSPS) is 17.3. The third kappa shape index (κ3) is 6.34. The van der Waals surface area contributed by atoms with Gasteiger partial charge in [0.1, 0.15) is 34.5 Å². The summed E-state index contributed by atoms with van der Waals surface area (Å²) in [6.07, 6.45) is 4.82. The van der Waals surface area contributed by atoms with Crippen LogP contribution in [0.3, 0.4) is 0 Å². The number of nitriles is 1. The minimum Gasteiger partial charge on any atom is -0.457 e. The number of hydrogen-bond acceptors (Lipinski definition) is 8. The summed E-state index contributed by atoms with van der Waals surface area (Å²) in [4.78, 5) is 33.7. The molecular formula is C34H37N7O4. The lowest BCUT2D eigenvalue weighted by Crippen LogP contribution is -2.48. The van der Waals surface area contributed by atoms with Crippen molar-refractivity contribution in [1.82, 2.24) is 24.3 Å². The molecule has 0 spiro atoms. The SMILES string of the molecule is CC(C)(/C=C(\C#N)C(=O)N1CCC[C@H]1Cn1c(=O)n(-c2ccc(Oc3ccccc3)cc2)c2c(N)nccc21)CNC1COC1. The first-order valence-electron chi connectivity index (χ1n) is 15.2. The fourth-order valence-electron chi connectivity index (χ4n) is 5.93. The number of aromatic nitrogens is 3. The van der Waals surface area contributed by atoms with Crippen molar-refractivity contribution in [2.75, 3.05) is 32.0 Å². The van der Waals surface area contributed by atoms with E-state index in [4.69, 9.17) is 15.2 Å². The molecule has 232 valence electrons. The van der Waals surface area contributed by atoms with Crippen molar-refractivity contribution in [1.29, 1.82) is 5.26 Å². The molecule has 1 atom stereocenters. The molecule has 11 heteroatoms. The molecule has 45 heavy (non-hydrogen) atoms. The van der Waals surface area contributed by atoms with Crippen LogP contribution in [0.1, 0.15) is 26.7 Å². The number of benzene rings is 2. The molecule has 0 aliphatic carbocycles. The summed E-state index contributed by atoms with van der Waals surface area (Å²) in [5.74, 6) is 1.25. The molecule has 6 rings (SSSR count). The lowest BCUT2D eigenvalue weighted by molar-refractivity contribution is -0.127. The van der Waals surface area contributed by atoms with Gasteiger partial charge in [0.2, 0.25) is 0 Å². The molecule has 0 saturated carbocycles. The molecule has 2 aromatic carbocycles. The fraction of sp³-hybridized carbons (Fsp3) is 0.353.